The Hall–Kier alpha value is -1.81. The number of hydrogen-bond acceptors (Lipinski definition) is 6. The number of allylic oxidation sites excluding steroid dienone is 2. The van der Waals surface area contributed by atoms with Gasteiger partial charge in [0.05, 0.1) is 6.10 Å². The molecule has 0 aromatic rings. The van der Waals surface area contributed by atoms with Gasteiger partial charge in [0.1, 0.15) is 17.5 Å². The molecular formula is C32H53ClMgN2O6. The zero-order chi connectivity index (χ0) is 31.2. The maximum Gasteiger partial charge on any atom is 2.00 e. The van der Waals surface area contributed by atoms with Crippen LogP contribution in [0.4, 0.5) is 9.59 Å². The van der Waals surface area contributed by atoms with Crippen LogP contribution in [0.5, 0.6) is 0 Å². The van der Waals surface area contributed by atoms with Crippen molar-refractivity contribution in [3.8, 4) is 0 Å². The molecule has 2 heterocycles. The van der Waals surface area contributed by atoms with Crippen LogP contribution in [-0.2, 0) is 14.3 Å². The van der Waals surface area contributed by atoms with E-state index in [9.17, 15) is 19.5 Å². The number of carbonyl (C=O) groups excluding carboxylic acids is 3. The molecule has 0 aromatic carbocycles. The van der Waals surface area contributed by atoms with E-state index in [1.165, 1.54) is 0 Å². The minimum Gasteiger partial charge on any atom is -1.00 e. The summed E-state index contributed by atoms with van der Waals surface area (Å²) in [5.41, 5.74) is -1.53. The van der Waals surface area contributed by atoms with Crippen molar-refractivity contribution in [3.63, 3.8) is 0 Å². The predicted molar refractivity (Wildman–Crippen MR) is 167 cm³/mol. The number of nitrogens with zero attached hydrogens (tertiary/aromatic N) is 2. The van der Waals surface area contributed by atoms with Crippen molar-refractivity contribution in [2.24, 2.45) is 10.8 Å². The van der Waals surface area contributed by atoms with Gasteiger partial charge in [0, 0.05) is 37.0 Å². The van der Waals surface area contributed by atoms with Gasteiger partial charge in [0.15, 0.2) is 0 Å². The number of aliphatic hydroxyl groups excluding tert-OH is 1. The number of hydrogen-bond donors (Lipinski definition) is 1. The van der Waals surface area contributed by atoms with Gasteiger partial charge in [-0.1, -0.05) is 18.2 Å². The molecule has 2 amide bonds. The number of carbonyl (C=O) groups is 3. The molecule has 2 saturated heterocycles. The van der Waals surface area contributed by atoms with Gasteiger partial charge in [-0.15, -0.1) is 19.7 Å². The molecule has 8 nitrogen and oxygen atoms in total. The third kappa shape index (κ3) is 15.1. The molecule has 2 aliphatic heterocycles. The molecule has 1 N–H and O–H groups in total. The standard InChI is InChI=1S/C16H27NO3.C14H23NO3.C2H3.ClH.Mg/c1-6-8-16(13(18)7-2)9-11-17(12-10-16)14(19)20-15(3,4)5;1-5-6-14(11-16)7-9-15(10-8-14)12(17)18-13(2,3)4;1-2;;/h6-7,13,18H,1-2,8-12H2,3-5H3;5,11H,1,6-10H2,2-4H3;1H,2H2;1H;/q;;-1;;+2/p-1. The third-order valence-corrected chi connectivity index (χ3v) is 7.02. The molecule has 0 aliphatic carbocycles. The molecule has 2 rings (SSSR count). The summed E-state index contributed by atoms with van der Waals surface area (Å²) in [5, 5.41) is 10.2. The first-order chi connectivity index (χ1) is 18.6. The van der Waals surface area contributed by atoms with E-state index in [-0.39, 0.29) is 58.5 Å². The van der Waals surface area contributed by atoms with Gasteiger partial charge in [-0.3, -0.25) is 6.58 Å². The van der Waals surface area contributed by atoms with E-state index in [1.807, 2.05) is 47.6 Å². The van der Waals surface area contributed by atoms with Gasteiger partial charge in [-0.2, -0.15) is 0 Å². The summed E-state index contributed by atoms with van der Waals surface area (Å²) in [5.74, 6) is 0. The van der Waals surface area contributed by atoms with Crippen molar-refractivity contribution in [3.05, 3.63) is 51.1 Å². The van der Waals surface area contributed by atoms with Crippen LogP contribution < -0.4 is 12.4 Å². The number of aliphatic hydroxyl groups is 1. The zero-order valence-corrected chi connectivity index (χ0v) is 29.0. The molecule has 2 aliphatic rings. The number of ether oxygens (including phenoxy) is 2. The minimum atomic E-state index is -0.568. The number of amides is 2. The summed E-state index contributed by atoms with van der Waals surface area (Å²) < 4.78 is 10.7. The molecule has 236 valence electrons. The number of halogens is 1. The first-order valence-electron chi connectivity index (χ1n) is 13.9. The normalized spacial score (nSPS) is 17.9. The second kappa shape index (κ2) is 20.2. The van der Waals surface area contributed by atoms with E-state index in [4.69, 9.17) is 9.47 Å². The smallest absolute Gasteiger partial charge is 1.00 e. The van der Waals surface area contributed by atoms with Crippen LogP contribution in [-0.4, -0.2) is 99.9 Å². The van der Waals surface area contributed by atoms with Crippen LogP contribution in [0.2, 0.25) is 0 Å². The first kappa shape index (κ1) is 44.6. The average molecular weight is 622 g/mol. The fourth-order valence-electron chi connectivity index (χ4n) is 4.74. The Labute approximate surface area is 277 Å². The van der Waals surface area contributed by atoms with Gasteiger partial charge in [-0.05, 0) is 80.1 Å². The van der Waals surface area contributed by atoms with Gasteiger partial charge < -0.3 is 48.2 Å². The molecule has 10 heteroatoms. The van der Waals surface area contributed by atoms with E-state index in [1.54, 1.807) is 22.0 Å². The first-order valence-corrected chi connectivity index (χ1v) is 13.9. The number of aldehydes is 1. The zero-order valence-electron chi connectivity index (χ0n) is 26.8. The van der Waals surface area contributed by atoms with Crippen LogP contribution in [0.3, 0.4) is 0 Å². The summed E-state index contributed by atoms with van der Waals surface area (Å²) in [6, 6.07) is 0. The number of rotatable bonds is 7. The van der Waals surface area contributed by atoms with Crippen LogP contribution in [0, 0.1) is 17.4 Å². The summed E-state index contributed by atoms with van der Waals surface area (Å²) in [6.45, 7) is 31.6. The summed E-state index contributed by atoms with van der Waals surface area (Å²) >= 11 is 0. The molecule has 0 aromatic heterocycles. The average Bonchev–Trinajstić information content (AvgIpc) is 2.89. The molecule has 1 unspecified atom stereocenters. The Morgan fingerprint density at radius 1 is 0.833 bits per heavy atom. The van der Waals surface area contributed by atoms with Crippen LogP contribution in [0.1, 0.15) is 80.1 Å². The molecule has 1 atom stereocenters. The monoisotopic (exact) mass is 620 g/mol. The van der Waals surface area contributed by atoms with Crippen molar-refractivity contribution < 1.29 is 41.4 Å². The van der Waals surface area contributed by atoms with Crippen LogP contribution in [0.25, 0.3) is 0 Å². The summed E-state index contributed by atoms with van der Waals surface area (Å²) in [7, 11) is 0. The maximum absolute atomic E-state index is 12.0. The van der Waals surface area contributed by atoms with E-state index >= 15 is 0 Å². The Morgan fingerprint density at radius 2 is 1.19 bits per heavy atom. The molecule has 0 radical (unpaired) electrons. The Morgan fingerprint density at radius 3 is 1.48 bits per heavy atom. The molecular weight excluding hydrogens is 568 g/mol. The molecule has 0 bridgehead atoms. The Bertz CT molecular complexity index is 852. The van der Waals surface area contributed by atoms with Crippen molar-refractivity contribution in [1.29, 1.82) is 0 Å². The van der Waals surface area contributed by atoms with Gasteiger partial charge in [-0.25, -0.2) is 9.59 Å². The minimum absolute atomic E-state index is 0. The van der Waals surface area contributed by atoms with Crippen molar-refractivity contribution in [1.82, 2.24) is 9.80 Å². The van der Waals surface area contributed by atoms with Crippen molar-refractivity contribution in [2.75, 3.05) is 26.2 Å². The van der Waals surface area contributed by atoms with Gasteiger partial charge in [0.2, 0.25) is 0 Å². The van der Waals surface area contributed by atoms with Crippen LogP contribution >= 0.6 is 0 Å². The number of piperidine rings is 2. The number of likely N-dealkylation sites (tertiary alicyclic amines) is 2. The SMILES string of the molecule is C=CCC1(C(O)C=C)CCN(C(=O)OC(C)(C)C)CC1.C=CCC1(C=O)CCN(C(=O)OC(C)(C)C)CC1.[CH-]=C.[Cl-].[Mg+2]. The van der Waals surface area contributed by atoms with Gasteiger partial charge in [0.25, 0.3) is 0 Å². The van der Waals surface area contributed by atoms with E-state index < -0.39 is 17.3 Å². The third-order valence-electron chi connectivity index (χ3n) is 7.02. The fourth-order valence-corrected chi connectivity index (χ4v) is 4.74. The Kier molecular flexibility index (Phi) is 21.5. The van der Waals surface area contributed by atoms with E-state index in [0.29, 0.717) is 45.4 Å². The van der Waals surface area contributed by atoms with Crippen molar-refractivity contribution >= 4 is 41.5 Å². The largest absolute Gasteiger partial charge is 2.00 e. The van der Waals surface area contributed by atoms with Gasteiger partial charge >= 0.3 is 35.2 Å². The second-order valence-corrected chi connectivity index (χ2v) is 12.4. The summed E-state index contributed by atoms with van der Waals surface area (Å²) in [4.78, 5) is 38.5. The molecule has 0 saturated carbocycles. The topological polar surface area (TPSA) is 96.4 Å². The predicted octanol–water partition coefficient (Wildman–Crippen LogP) is 3.13. The fraction of sp³-hybridized carbons (Fsp3) is 0.656. The Balaban J connectivity index is -0.000000657. The van der Waals surface area contributed by atoms with E-state index in [0.717, 1.165) is 25.5 Å². The quantitative estimate of drug-likeness (QED) is 0.203. The maximum atomic E-state index is 12.0. The van der Waals surface area contributed by atoms with E-state index in [2.05, 4.69) is 32.9 Å². The van der Waals surface area contributed by atoms with Crippen molar-refractivity contribution in [2.45, 2.75) is 97.4 Å². The summed E-state index contributed by atoms with van der Waals surface area (Å²) in [6.07, 6.45) is 9.28. The molecule has 2 fully saturated rings. The molecule has 42 heavy (non-hydrogen) atoms. The molecule has 0 spiro atoms. The van der Waals surface area contributed by atoms with Crippen LogP contribution in [0.15, 0.2) is 44.5 Å². The second-order valence-electron chi connectivity index (χ2n) is 12.4.